The second-order valence-electron chi connectivity index (χ2n) is 6.75. The van der Waals surface area contributed by atoms with Crippen LogP contribution < -0.4 is 19.8 Å². The van der Waals surface area contributed by atoms with Crippen molar-refractivity contribution in [3.8, 4) is 17.4 Å². The highest BCUT2D eigenvalue weighted by atomic mass is 35.5. The van der Waals surface area contributed by atoms with E-state index in [2.05, 4.69) is 10.6 Å². The number of methoxy groups -OCH3 is 1. The van der Waals surface area contributed by atoms with Crippen LogP contribution >= 0.6 is 34.8 Å². The van der Waals surface area contributed by atoms with Crippen molar-refractivity contribution in [3.63, 3.8) is 0 Å². The summed E-state index contributed by atoms with van der Waals surface area (Å²) >= 11 is 17.4. The molecule has 7 nitrogen and oxygen atoms in total. The van der Waals surface area contributed by atoms with Gasteiger partial charge in [0.05, 0.1) is 36.1 Å². The molecule has 0 unspecified atom stereocenters. The van der Waals surface area contributed by atoms with Gasteiger partial charge in [-0.25, -0.2) is 4.98 Å². The smallest absolute Gasteiger partial charge is 0.417 e. The molecule has 13 heteroatoms. The Bertz CT molecular complexity index is 1050. The van der Waals surface area contributed by atoms with Crippen molar-refractivity contribution < 1.29 is 32.2 Å². The van der Waals surface area contributed by atoms with E-state index < -0.39 is 11.7 Å². The highest BCUT2D eigenvalue weighted by molar-refractivity contribution is 6.55. The van der Waals surface area contributed by atoms with Crippen LogP contribution in [0.15, 0.2) is 47.2 Å². The minimum Gasteiger partial charge on any atom is -0.496 e. The number of nitrogens with one attached hydrogen (secondary N) is 1. The van der Waals surface area contributed by atoms with Gasteiger partial charge in [-0.3, -0.25) is 5.01 Å². The zero-order valence-electron chi connectivity index (χ0n) is 17.7. The van der Waals surface area contributed by atoms with Gasteiger partial charge in [-0.1, -0.05) is 40.4 Å². The summed E-state index contributed by atoms with van der Waals surface area (Å²) in [7, 11) is 1.50. The number of benzene rings is 1. The lowest BCUT2D eigenvalue weighted by atomic mass is 10.1. The molecule has 34 heavy (non-hydrogen) atoms. The molecule has 184 valence electrons. The molecule has 1 aromatic heterocycles. The Morgan fingerprint density at radius 2 is 2.00 bits per heavy atom. The van der Waals surface area contributed by atoms with Crippen molar-refractivity contribution in [1.82, 2.24) is 15.6 Å². The van der Waals surface area contributed by atoms with Gasteiger partial charge < -0.3 is 19.0 Å². The fourth-order valence-electron chi connectivity index (χ4n) is 2.78. The Kier molecular flexibility index (Phi) is 9.01. The van der Waals surface area contributed by atoms with E-state index in [0.717, 1.165) is 12.3 Å². The van der Waals surface area contributed by atoms with Gasteiger partial charge in [0.1, 0.15) is 22.6 Å². The number of hydrazine groups is 1. The van der Waals surface area contributed by atoms with E-state index in [1.54, 1.807) is 23.3 Å². The topological polar surface area (TPSA) is 65.1 Å². The van der Waals surface area contributed by atoms with Crippen LogP contribution in [0.5, 0.6) is 17.4 Å². The molecule has 0 bridgehead atoms. The standard InChI is InChI=1S/C21H19Cl3F3N3O4/c1-31-16-10-15(22)17(32-8-5-19(23)24)9-14(16)18-12-30(29-34-18)6-2-7-33-20-4-3-13(11-28-20)21(25,26)27/h3-5,9-12,29H,2,6-8H2,1H3. The second kappa shape index (κ2) is 11.7. The average Bonchev–Trinajstić information content (AvgIpc) is 3.25. The molecule has 0 fully saturated rings. The molecule has 0 radical (unpaired) electrons. The molecule has 1 aliphatic heterocycles. The lowest BCUT2D eigenvalue weighted by molar-refractivity contribution is -0.137. The first kappa shape index (κ1) is 26.1. The third kappa shape index (κ3) is 7.23. The molecule has 1 aromatic carbocycles. The summed E-state index contributed by atoms with van der Waals surface area (Å²) in [6.07, 6.45) is 0.00598. The molecule has 2 aromatic rings. The summed E-state index contributed by atoms with van der Waals surface area (Å²) in [5, 5.41) is 2.00. The number of nitrogens with zero attached hydrogens (tertiary/aromatic N) is 2. The molecule has 0 atom stereocenters. The third-order valence-corrected chi connectivity index (χ3v) is 5.00. The van der Waals surface area contributed by atoms with Crippen LogP contribution in [0.1, 0.15) is 17.5 Å². The Balaban J connectivity index is 1.57. The van der Waals surface area contributed by atoms with Gasteiger partial charge in [0.25, 0.3) is 0 Å². The number of ether oxygens (including phenoxy) is 3. The minimum absolute atomic E-state index is 0.0737. The van der Waals surface area contributed by atoms with Gasteiger partial charge in [0, 0.05) is 31.3 Å². The fraction of sp³-hybridized carbons (Fsp3) is 0.286. The van der Waals surface area contributed by atoms with Gasteiger partial charge >= 0.3 is 6.18 Å². The minimum atomic E-state index is -4.44. The van der Waals surface area contributed by atoms with Crippen molar-refractivity contribution in [2.75, 3.05) is 26.9 Å². The summed E-state index contributed by atoms with van der Waals surface area (Å²) in [5.74, 6) is 1.41. The predicted octanol–water partition coefficient (Wildman–Crippen LogP) is 5.98. The van der Waals surface area contributed by atoms with E-state index in [9.17, 15) is 13.2 Å². The van der Waals surface area contributed by atoms with Crippen LogP contribution in [-0.4, -0.2) is 36.9 Å². The van der Waals surface area contributed by atoms with E-state index >= 15 is 0 Å². The molecule has 0 saturated carbocycles. The SMILES string of the molecule is COc1cc(Cl)c(OCC=C(Cl)Cl)cc1C1=CN(CCCOc2ccc(C(F)(F)F)cn2)NO1. The van der Waals surface area contributed by atoms with E-state index in [1.165, 1.54) is 19.3 Å². The second-order valence-corrected chi connectivity index (χ2v) is 8.17. The van der Waals surface area contributed by atoms with Crippen LogP contribution in [0, 0.1) is 0 Å². The van der Waals surface area contributed by atoms with Crippen LogP contribution in [0.3, 0.4) is 0 Å². The van der Waals surface area contributed by atoms with Gasteiger partial charge in [-0.2, -0.15) is 13.2 Å². The number of hydrogen-bond acceptors (Lipinski definition) is 7. The molecule has 1 N–H and O–H groups in total. The van der Waals surface area contributed by atoms with Crippen LogP contribution in [0.25, 0.3) is 5.76 Å². The molecule has 0 amide bonds. The quantitative estimate of drug-likeness (QED) is 0.372. The van der Waals surface area contributed by atoms with Crippen molar-refractivity contribution in [2.45, 2.75) is 12.6 Å². The lowest BCUT2D eigenvalue weighted by Crippen LogP contribution is -2.29. The van der Waals surface area contributed by atoms with Crippen molar-refractivity contribution in [3.05, 3.63) is 63.4 Å². The largest absolute Gasteiger partial charge is 0.496 e. The summed E-state index contributed by atoms with van der Waals surface area (Å²) in [6, 6.07) is 5.36. The first-order valence-corrected chi connectivity index (χ1v) is 10.9. The Labute approximate surface area is 208 Å². The van der Waals surface area contributed by atoms with E-state index in [1.807, 2.05) is 0 Å². The normalized spacial score (nSPS) is 13.3. The summed E-state index contributed by atoms with van der Waals surface area (Å²) in [5.41, 5.74) is 2.50. The number of pyridine rings is 1. The van der Waals surface area contributed by atoms with Gasteiger partial charge in [0.15, 0.2) is 5.76 Å². The van der Waals surface area contributed by atoms with Crippen LogP contribution in [0.4, 0.5) is 13.2 Å². The molecular formula is C21H19Cl3F3N3O4. The van der Waals surface area contributed by atoms with Crippen LogP contribution in [-0.2, 0) is 11.0 Å². The van der Waals surface area contributed by atoms with E-state index in [-0.39, 0.29) is 23.6 Å². The number of rotatable bonds is 10. The van der Waals surface area contributed by atoms with Crippen molar-refractivity contribution >= 4 is 40.6 Å². The molecule has 0 spiro atoms. The maximum Gasteiger partial charge on any atom is 0.417 e. The zero-order chi connectivity index (χ0) is 24.7. The van der Waals surface area contributed by atoms with Gasteiger partial charge in [0.2, 0.25) is 5.88 Å². The Morgan fingerprint density at radius 1 is 1.21 bits per heavy atom. The first-order chi connectivity index (χ1) is 16.2. The molecule has 2 heterocycles. The summed E-state index contributed by atoms with van der Waals surface area (Å²) in [6.45, 7) is 0.826. The predicted molar refractivity (Wildman–Crippen MR) is 122 cm³/mol. The summed E-state index contributed by atoms with van der Waals surface area (Å²) < 4.78 is 54.2. The molecular weight excluding hydrogens is 522 g/mol. The molecule has 0 aliphatic carbocycles. The molecule has 0 saturated heterocycles. The maximum absolute atomic E-state index is 12.6. The first-order valence-electron chi connectivity index (χ1n) is 9.76. The highest BCUT2D eigenvalue weighted by Crippen LogP contribution is 2.37. The lowest BCUT2D eigenvalue weighted by Gasteiger charge is -2.14. The average molecular weight is 541 g/mol. The Morgan fingerprint density at radius 3 is 2.65 bits per heavy atom. The van der Waals surface area contributed by atoms with Gasteiger partial charge in [-0.05, 0) is 18.2 Å². The number of aromatic nitrogens is 1. The van der Waals surface area contributed by atoms with Gasteiger partial charge in [-0.15, -0.1) is 0 Å². The molecule has 1 aliphatic rings. The number of alkyl halides is 3. The summed E-state index contributed by atoms with van der Waals surface area (Å²) in [4.78, 5) is 9.21. The fourth-order valence-corrected chi connectivity index (χ4v) is 3.12. The van der Waals surface area contributed by atoms with Crippen molar-refractivity contribution in [1.29, 1.82) is 0 Å². The van der Waals surface area contributed by atoms with Crippen molar-refractivity contribution in [2.24, 2.45) is 0 Å². The maximum atomic E-state index is 12.6. The Hall–Kier alpha value is -2.53. The highest BCUT2D eigenvalue weighted by Gasteiger charge is 2.30. The third-order valence-electron chi connectivity index (χ3n) is 4.40. The monoisotopic (exact) mass is 539 g/mol. The zero-order valence-corrected chi connectivity index (χ0v) is 19.9. The van der Waals surface area contributed by atoms with Crippen LogP contribution in [0.2, 0.25) is 5.02 Å². The van der Waals surface area contributed by atoms with E-state index in [4.69, 9.17) is 53.9 Å². The number of halogens is 6. The number of hydrogen-bond donors (Lipinski definition) is 1. The van der Waals surface area contributed by atoms with E-state index in [0.29, 0.717) is 40.8 Å². The molecule has 3 rings (SSSR count).